The molecule has 3 heteroatoms. The molecule has 1 amide bonds. The quantitative estimate of drug-likeness (QED) is 0.786. The summed E-state index contributed by atoms with van der Waals surface area (Å²) < 4.78 is 0. The van der Waals surface area contributed by atoms with E-state index in [2.05, 4.69) is 17.2 Å². The molecule has 0 unspecified atom stereocenters. The van der Waals surface area contributed by atoms with Crippen LogP contribution in [0, 0.1) is 0 Å². The Morgan fingerprint density at radius 2 is 2.36 bits per heavy atom. The van der Waals surface area contributed by atoms with Gasteiger partial charge in [0.15, 0.2) is 0 Å². The number of aromatic nitrogens is 1. The number of rotatable bonds is 4. The van der Waals surface area contributed by atoms with Crippen LogP contribution in [0.5, 0.6) is 0 Å². The van der Waals surface area contributed by atoms with Gasteiger partial charge in [0.2, 0.25) is 5.91 Å². The molecule has 1 rings (SSSR count). The second-order valence-corrected chi connectivity index (χ2v) is 3.33. The average Bonchev–Trinajstić information content (AvgIpc) is 2.17. The molecular weight excluding hydrogens is 176 g/mol. The molecule has 0 aliphatic heterocycles. The molecule has 1 N–H and O–H groups in total. The lowest BCUT2D eigenvalue weighted by molar-refractivity contribution is -0.119. The van der Waals surface area contributed by atoms with Crippen LogP contribution in [0.4, 0.5) is 0 Å². The number of pyridine rings is 1. The van der Waals surface area contributed by atoms with Gasteiger partial charge in [-0.1, -0.05) is 13.0 Å². The van der Waals surface area contributed by atoms with Crippen molar-refractivity contribution in [3.8, 4) is 0 Å². The first-order chi connectivity index (χ1) is 6.72. The van der Waals surface area contributed by atoms with Crippen LogP contribution >= 0.6 is 0 Å². The molecule has 1 aromatic heterocycles. The van der Waals surface area contributed by atoms with Gasteiger partial charge < -0.3 is 5.32 Å². The van der Waals surface area contributed by atoms with Gasteiger partial charge >= 0.3 is 0 Å². The molecule has 0 saturated heterocycles. The Hall–Kier alpha value is -1.38. The Kier molecular flexibility index (Phi) is 4.11. The fourth-order valence-corrected chi connectivity index (χ4v) is 1.36. The van der Waals surface area contributed by atoms with Gasteiger partial charge in [-0.2, -0.15) is 0 Å². The van der Waals surface area contributed by atoms with Crippen LogP contribution in [0.15, 0.2) is 24.4 Å². The van der Waals surface area contributed by atoms with Crippen LogP contribution in [-0.2, 0) is 11.2 Å². The molecule has 14 heavy (non-hydrogen) atoms. The first kappa shape index (κ1) is 10.7. The molecule has 0 aliphatic carbocycles. The highest BCUT2D eigenvalue weighted by atomic mass is 16.1. The lowest BCUT2D eigenvalue weighted by Crippen LogP contribution is -2.34. The maximum atomic E-state index is 10.9. The zero-order chi connectivity index (χ0) is 10.4. The van der Waals surface area contributed by atoms with Crippen molar-refractivity contribution in [3.05, 3.63) is 30.1 Å². The Balaban J connectivity index is 2.53. The third-order valence-corrected chi connectivity index (χ3v) is 2.08. The molecule has 0 aliphatic rings. The Labute approximate surface area is 84.6 Å². The number of carbonyl (C=O) groups is 1. The molecule has 0 radical (unpaired) electrons. The van der Waals surface area contributed by atoms with Gasteiger partial charge in [0.05, 0.1) is 0 Å². The SMILES string of the molecule is CC[C@H](Cc1ccccn1)NC(C)=O. The number of nitrogens with zero attached hydrogens (tertiary/aromatic N) is 1. The van der Waals surface area contributed by atoms with Gasteiger partial charge in [0.25, 0.3) is 0 Å². The second kappa shape index (κ2) is 5.37. The summed E-state index contributed by atoms with van der Waals surface area (Å²) in [6.45, 7) is 3.60. The van der Waals surface area contributed by atoms with Gasteiger partial charge in [-0.15, -0.1) is 0 Å². The van der Waals surface area contributed by atoms with Crippen molar-refractivity contribution in [1.82, 2.24) is 10.3 Å². The van der Waals surface area contributed by atoms with E-state index < -0.39 is 0 Å². The van der Waals surface area contributed by atoms with Crippen molar-refractivity contribution >= 4 is 5.91 Å². The number of amides is 1. The van der Waals surface area contributed by atoms with E-state index in [0.29, 0.717) is 0 Å². The predicted octanol–water partition coefficient (Wildman–Crippen LogP) is 1.54. The standard InChI is InChI=1S/C11H16N2O/c1-3-10(13-9(2)14)8-11-6-4-5-7-12-11/h4-7,10H,3,8H2,1-2H3,(H,13,14)/t10-/m1/s1. The Morgan fingerprint density at radius 1 is 1.57 bits per heavy atom. The predicted molar refractivity (Wildman–Crippen MR) is 55.8 cm³/mol. The maximum absolute atomic E-state index is 10.9. The molecule has 1 aromatic rings. The van der Waals surface area contributed by atoms with E-state index >= 15 is 0 Å². The van der Waals surface area contributed by atoms with Crippen molar-refractivity contribution < 1.29 is 4.79 Å². The number of hydrogen-bond acceptors (Lipinski definition) is 2. The minimum Gasteiger partial charge on any atom is -0.353 e. The van der Waals surface area contributed by atoms with Crippen molar-refractivity contribution in [2.75, 3.05) is 0 Å². The highest BCUT2D eigenvalue weighted by Gasteiger charge is 2.08. The van der Waals surface area contributed by atoms with E-state index in [1.54, 1.807) is 13.1 Å². The van der Waals surface area contributed by atoms with Crippen molar-refractivity contribution in [2.45, 2.75) is 32.7 Å². The van der Waals surface area contributed by atoms with Gasteiger partial charge in [0, 0.05) is 31.3 Å². The number of hydrogen-bond donors (Lipinski definition) is 1. The molecule has 0 aromatic carbocycles. The lowest BCUT2D eigenvalue weighted by Gasteiger charge is -2.14. The van der Waals surface area contributed by atoms with Gasteiger partial charge in [-0.05, 0) is 18.6 Å². The molecule has 1 heterocycles. The summed E-state index contributed by atoms with van der Waals surface area (Å²) in [5, 5.41) is 2.90. The van der Waals surface area contributed by atoms with Gasteiger partial charge in [0.1, 0.15) is 0 Å². The van der Waals surface area contributed by atoms with Crippen LogP contribution in [0.1, 0.15) is 26.0 Å². The Bertz CT molecular complexity index is 285. The fourth-order valence-electron chi connectivity index (χ4n) is 1.36. The highest BCUT2D eigenvalue weighted by molar-refractivity contribution is 5.73. The average molecular weight is 192 g/mol. The smallest absolute Gasteiger partial charge is 0.217 e. The van der Waals surface area contributed by atoms with E-state index in [1.165, 1.54) is 0 Å². The van der Waals surface area contributed by atoms with Crippen LogP contribution in [-0.4, -0.2) is 16.9 Å². The van der Waals surface area contributed by atoms with Crippen molar-refractivity contribution in [1.29, 1.82) is 0 Å². The minimum atomic E-state index is 0.0211. The van der Waals surface area contributed by atoms with Gasteiger partial charge in [-0.3, -0.25) is 9.78 Å². The molecule has 76 valence electrons. The maximum Gasteiger partial charge on any atom is 0.217 e. The minimum absolute atomic E-state index is 0.0211. The molecule has 3 nitrogen and oxygen atoms in total. The second-order valence-electron chi connectivity index (χ2n) is 3.33. The molecule has 0 bridgehead atoms. The van der Waals surface area contributed by atoms with Crippen LogP contribution in [0.2, 0.25) is 0 Å². The summed E-state index contributed by atoms with van der Waals surface area (Å²) in [4.78, 5) is 15.1. The Morgan fingerprint density at radius 3 is 2.86 bits per heavy atom. The summed E-state index contributed by atoms with van der Waals surface area (Å²) in [6.07, 6.45) is 3.50. The number of nitrogens with one attached hydrogen (secondary N) is 1. The summed E-state index contributed by atoms with van der Waals surface area (Å²) in [5.74, 6) is 0.0211. The summed E-state index contributed by atoms with van der Waals surface area (Å²) in [6, 6.07) is 6.03. The van der Waals surface area contributed by atoms with Crippen LogP contribution in [0.25, 0.3) is 0 Å². The first-order valence-electron chi connectivity index (χ1n) is 4.89. The third-order valence-electron chi connectivity index (χ3n) is 2.08. The van der Waals surface area contributed by atoms with Crippen LogP contribution < -0.4 is 5.32 Å². The summed E-state index contributed by atoms with van der Waals surface area (Å²) >= 11 is 0. The van der Waals surface area contributed by atoms with E-state index in [4.69, 9.17) is 0 Å². The van der Waals surface area contributed by atoms with Crippen LogP contribution in [0.3, 0.4) is 0 Å². The third kappa shape index (κ3) is 3.56. The molecule has 0 saturated carbocycles. The van der Waals surface area contributed by atoms with Gasteiger partial charge in [-0.25, -0.2) is 0 Å². The summed E-state index contributed by atoms with van der Waals surface area (Å²) in [7, 11) is 0. The largest absolute Gasteiger partial charge is 0.353 e. The fraction of sp³-hybridized carbons (Fsp3) is 0.455. The van der Waals surface area contributed by atoms with Crippen molar-refractivity contribution in [3.63, 3.8) is 0 Å². The zero-order valence-electron chi connectivity index (χ0n) is 8.66. The topological polar surface area (TPSA) is 42.0 Å². The molecule has 1 atom stereocenters. The lowest BCUT2D eigenvalue weighted by atomic mass is 10.1. The van der Waals surface area contributed by atoms with E-state index in [-0.39, 0.29) is 11.9 Å². The summed E-state index contributed by atoms with van der Waals surface area (Å²) in [5.41, 5.74) is 1.02. The van der Waals surface area contributed by atoms with Crippen molar-refractivity contribution in [2.24, 2.45) is 0 Å². The molecule has 0 spiro atoms. The normalized spacial score (nSPS) is 12.1. The van der Waals surface area contributed by atoms with E-state index in [1.807, 2.05) is 18.2 Å². The molecular formula is C11H16N2O. The number of carbonyl (C=O) groups excluding carboxylic acids is 1. The molecule has 0 fully saturated rings. The zero-order valence-corrected chi connectivity index (χ0v) is 8.66. The monoisotopic (exact) mass is 192 g/mol. The highest BCUT2D eigenvalue weighted by Crippen LogP contribution is 2.02. The first-order valence-corrected chi connectivity index (χ1v) is 4.89. The van der Waals surface area contributed by atoms with E-state index in [0.717, 1.165) is 18.5 Å². The van der Waals surface area contributed by atoms with E-state index in [9.17, 15) is 4.79 Å².